The van der Waals surface area contributed by atoms with E-state index in [4.69, 9.17) is 11.6 Å². The number of nitrogens with zero attached hydrogens (tertiary/aromatic N) is 4. The van der Waals surface area contributed by atoms with Crippen LogP contribution in [0.25, 0.3) is 5.57 Å². The van der Waals surface area contributed by atoms with Gasteiger partial charge in [-0.05, 0) is 31.1 Å². The number of hydrogen-bond acceptors (Lipinski definition) is 6. The first kappa shape index (κ1) is 19.5. The highest BCUT2D eigenvalue weighted by atomic mass is 35.5. The summed E-state index contributed by atoms with van der Waals surface area (Å²) in [5, 5.41) is 5.52. The number of benzene rings is 1. The van der Waals surface area contributed by atoms with Crippen LogP contribution in [-0.4, -0.2) is 33.9 Å². The number of carbonyl (C=O) groups excluding carboxylic acids is 1. The van der Waals surface area contributed by atoms with Crippen LogP contribution in [-0.2, 0) is 0 Å². The standard InChI is InChI=1S/C20H17ClFN5OS/c1-12-5-7-27(20-23-6-8-29-20)11-13(12)16-9-25-17(10-24-16)26-19(28)18-14(21)3-2-4-15(18)22/h2-4,6,8-10H,5,7,11H2,1H3,(H,25,26,28). The summed E-state index contributed by atoms with van der Waals surface area (Å²) in [6, 6.07) is 4.08. The maximum absolute atomic E-state index is 13.9. The normalized spacial score (nSPS) is 14.2. The van der Waals surface area contributed by atoms with Crippen molar-refractivity contribution < 1.29 is 9.18 Å². The molecule has 148 valence electrons. The fourth-order valence-corrected chi connectivity index (χ4v) is 4.05. The van der Waals surface area contributed by atoms with Crippen molar-refractivity contribution in [3.05, 3.63) is 69.8 Å². The third kappa shape index (κ3) is 4.13. The molecule has 3 aromatic rings. The highest BCUT2D eigenvalue weighted by molar-refractivity contribution is 7.13. The molecule has 2 aromatic heterocycles. The molecule has 29 heavy (non-hydrogen) atoms. The quantitative estimate of drug-likeness (QED) is 0.653. The van der Waals surface area contributed by atoms with E-state index in [-0.39, 0.29) is 16.4 Å². The molecule has 1 N–H and O–H groups in total. The Bertz CT molecular complexity index is 1050. The Morgan fingerprint density at radius 3 is 2.83 bits per heavy atom. The van der Waals surface area contributed by atoms with E-state index in [0.29, 0.717) is 6.54 Å². The number of rotatable bonds is 4. The molecule has 0 fully saturated rings. The molecule has 4 rings (SSSR count). The van der Waals surface area contributed by atoms with Gasteiger partial charge in [0.2, 0.25) is 0 Å². The predicted octanol–water partition coefficient (Wildman–Crippen LogP) is 4.66. The molecule has 9 heteroatoms. The van der Waals surface area contributed by atoms with Crippen molar-refractivity contribution in [2.75, 3.05) is 23.3 Å². The Hall–Kier alpha value is -2.84. The van der Waals surface area contributed by atoms with Gasteiger partial charge in [-0.15, -0.1) is 11.3 Å². The van der Waals surface area contributed by atoms with Gasteiger partial charge in [0.15, 0.2) is 10.9 Å². The van der Waals surface area contributed by atoms with Gasteiger partial charge < -0.3 is 10.2 Å². The second kappa shape index (κ2) is 8.26. The molecule has 0 spiro atoms. The molecule has 1 aromatic carbocycles. The van der Waals surface area contributed by atoms with E-state index in [2.05, 4.69) is 32.1 Å². The molecule has 0 saturated heterocycles. The van der Waals surface area contributed by atoms with E-state index in [9.17, 15) is 9.18 Å². The zero-order valence-electron chi connectivity index (χ0n) is 15.5. The first-order valence-corrected chi connectivity index (χ1v) is 10.2. The Balaban J connectivity index is 1.51. The van der Waals surface area contributed by atoms with Crippen molar-refractivity contribution in [3.8, 4) is 0 Å². The minimum atomic E-state index is -0.690. The van der Waals surface area contributed by atoms with Crippen molar-refractivity contribution in [1.29, 1.82) is 0 Å². The molecule has 1 aliphatic heterocycles. The third-order valence-electron chi connectivity index (χ3n) is 4.70. The minimum absolute atomic E-state index is 0.0392. The van der Waals surface area contributed by atoms with Gasteiger partial charge in [0.25, 0.3) is 5.91 Å². The molecule has 0 atom stereocenters. The van der Waals surface area contributed by atoms with Gasteiger partial charge in [0.1, 0.15) is 5.82 Å². The molecule has 0 unspecified atom stereocenters. The van der Waals surface area contributed by atoms with E-state index in [0.717, 1.165) is 29.4 Å². The number of amides is 1. The lowest BCUT2D eigenvalue weighted by molar-refractivity contribution is 0.102. The first-order chi connectivity index (χ1) is 14.0. The number of aromatic nitrogens is 3. The van der Waals surface area contributed by atoms with Gasteiger partial charge in [-0.1, -0.05) is 23.2 Å². The highest BCUT2D eigenvalue weighted by Gasteiger charge is 2.21. The molecular formula is C20H17ClFN5OS. The largest absolute Gasteiger partial charge is 0.343 e. The second-order valence-corrected chi connectivity index (χ2v) is 7.86. The lowest BCUT2D eigenvalue weighted by Crippen LogP contribution is -2.31. The lowest BCUT2D eigenvalue weighted by Gasteiger charge is -2.29. The van der Waals surface area contributed by atoms with Gasteiger partial charge in [-0.2, -0.15) is 0 Å². The Kier molecular flexibility index (Phi) is 5.55. The number of hydrogen-bond donors (Lipinski definition) is 1. The van der Waals surface area contributed by atoms with Crippen molar-refractivity contribution in [2.24, 2.45) is 0 Å². The second-order valence-electron chi connectivity index (χ2n) is 6.58. The number of anilines is 2. The summed E-state index contributed by atoms with van der Waals surface area (Å²) >= 11 is 7.54. The van der Waals surface area contributed by atoms with E-state index in [1.807, 2.05) is 5.38 Å². The van der Waals surface area contributed by atoms with Gasteiger partial charge in [0, 0.05) is 24.7 Å². The maximum atomic E-state index is 13.9. The smallest absolute Gasteiger partial charge is 0.261 e. The third-order valence-corrected chi connectivity index (χ3v) is 5.85. The summed E-state index contributed by atoms with van der Waals surface area (Å²) in [6.07, 6.45) is 5.79. The lowest BCUT2D eigenvalue weighted by atomic mass is 9.99. The zero-order chi connectivity index (χ0) is 20.4. The van der Waals surface area contributed by atoms with E-state index in [1.165, 1.54) is 30.0 Å². The van der Waals surface area contributed by atoms with Crippen LogP contribution in [0.1, 0.15) is 29.4 Å². The highest BCUT2D eigenvalue weighted by Crippen LogP contribution is 2.29. The Morgan fingerprint density at radius 2 is 2.14 bits per heavy atom. The van der Waals surface area contributed by atoms with Gasteiger partial charge in [-0.3, -0.25) is 9.78 Å². The summed E-state index contributed by atoms with van der Waals surface area (Å²) < 4.78 is 13.9. The van der Waals surface area contributed by atoms with Crippen LogP contribution < -0.4 is 10.2 Å². The number of halogens is 2. The zero-order valence-corrected chi connectivity index (χ0v) is 17.1. The molecule has 0 aliphatic carbocycles. The molecule has 1 aliphatic rings. The molecule has 0 bridgehead atoms. The van der Waals surface area contributed by atoms with Crippen LogP contribution >= 0.6 is 22.9 Å². The van der Waals surface area contributed by atoms with E-state index >= 15 is 0 Å². The van der Waals surface area contributed by atoms with Crippen molar-refractivity contribution in [3.63, 3.8) is 0 Å². The van der Waals surface area contributed by atoms with Crippen molar-refractivity contribution in [1.82, 2.24) is 15.0 Å². The number of nitrogens with one attached hydrogen (secondary N) is 1. The number of carbonyl (C=O) groups is 1. The van der Waals surface area contributed by atoms with Crippen molar-refractivity contribution in [2.45, 2.75) is 13.3 Å². The summed E-state index contributed by atoms with van der Waals surface area (Å²) in [5.74, 6) is -1.13. The van der Waals surface area contributed by atoms with Gasteiger partial charge in [-0.25, -0.2) is 14.4 Å². The van der Waals surface area contributed by atoms with Crippen molar-refractivity contribution >= 4 is 45.4 Å². The molecular weight excluding hydrogens is 413 g/mol. The summed E-state index contributed by atoms with van der Waals surface area (Å²) in [6.45, 7) is 3.70. The minimum Gasteiger partial charge on any atom is -0.343 e. The summed E-state index contributed by atoms with van der Waals surface area (Å²) in [7, 11) is 0. The SMILES string of the molecule is CC1=C(c2cnc(NC(=O)c3c(F)cccc3Cl)cn2)CN(c2nccs2)CC1. The molecule has 0 radical (unpaired) electrons. The monoisotopic (exact) mass is 429 g/mol. The van der Waals surface area contributed by atoms with Gasteiger partial charge >= 0.3 is 0 Å². The van der Waals surface area contributed by atoms with Crippen LogP contribution in [0.3, 0.4) is 0 Å². The van der Waals surface area contributed by atoms with Crippen LogP contribution in [0.4, 0.5) is 15.3 Å². The van der Waals surface area contributed by atoms with Crippen LogP contribution in [0.5, 0.6) is 0 Å². The summed E-state index contributed by atoms with van der Waals surface area (Å²) in [5.41, 5.74) is 2.87. The molecule has 6 nitrogen and oxygen atoms in total. The Morgan fingerprint density at radius 1 is 1.28 bits per heavy atom. The van der Waals surface area contributed by atoms with E-state index in [1.54, 1.807) is 23.7 Å². The fourth-order valence-electron chi connectivity index (χ4n) is 3.14. The van der Waals surface area contributed by atoms with Crippen LogP contribution in [0, 0.1) is 5.82 Å². The predicted molar refractivity (Wildman–Crippen MR) is 113 cm³/mol. The number of thiazole rings is 1. The first-order valence-electron chi connectivity index (χ1n) is 8.94. The molecule has 1 amide bonds. The van der Waals surface area contributed by atoms with Crippen LogP contribution in [0.2, 0.25) is 5.02 Å². The topological polar surface area (TPSA) is 71.0 Å². The molecule has 3 heterocycles. The molecule has 0 saturated carbocycles. The average molecular weight is 430 g/mol. The Labute approximate surface area is 176 Å². The van der Waals surface area contributed by atoms with E-state index < -0.39 is 11.7 Å². The van der Waals surface area contributed by atoms with Crippen LogP contribution in [0.15, 0.2) is 47.7 Å². The van der Waals surface area contributed by atoms with Gasteiger partial charge in [0.05, 0.1) is 28.7 Å². The fraction of sp³-hybridized carbons (Fsp3) is 0.200. The summed E-state index contributed by atoms with van der Waals surface area (Å²) in [4.78, 5) is 27.7. The average Bonchev–Trinajstić information content (AvgIpc) is 3.24. The maximum Gasteiger partial charge on any atom is 0.261 e.